The summed E-state index contributed by atoms with van der Waals surface area (Å²) in [7, 11) is 0. The number of imidazole rings is 1. The maximum Gasteiger partial charge on any atom is 0.244 e. The van der Waals surface area contributed by atoms with Crippen molar-refractivity contribution >= 4 is 0 Å². The Morgan fingerprint density at radius 1 is 1.04 bits per heavy atom. The fraction of sp³-hybridized carbons (Fsp3) is 0.500. The summed E-state index contributed by atoms with van der Waals surface area (Å²) in [5, 5.41) is 4.23. The van der Waals surface area contributed by atoms with Gasteiger partial charge in [-0.05, 0) is 44.4 Å². The van der Waals surface area contributed by atoms with Gasteiger partial charge >= 0.3 is 0 Å². The first kappa shape index (κ1) is 16.6. The third-order valence-corrected chi connectivity index (χ3v) is 5.84. The molecule has 7 heteroatoms. The normalized spacial score (nSPS) is 21.7. The number of hydrogen-bond donors (Lipinski definition) is 0. The highest BCUT2D eigenvalue weighted by Gasteiger charge is 2.35. The lowest BCUT2D eigenvalue weighted by Gasteiger charge is -2.34. The smallest absolute Gasteiger partial charge is 0.244 e. The van der Waals surface area contributed by atoms with Gasteiger partial charge in [0.15, 0.2) is 0 Å². The molecule has 0 spiro atoms. The van der Waals surface area contributed by atoms with Crippen molar-refractivity contribution in [2.45, 2.75) is 57.0 Å². The van der Waals surface area contributed by atoms with Crippen molar-refractivity contribution in [3.05, 3.63) is 42.9 Å². The van der Waals surface area contributed by atoms with E-state index < -0.39 is 0 Å². The molecule has 0 amide bonds. The Morgan fingerprint density at radius 3 is 2.74 bits per heavy atom. The summed E-state index contributed by atoms with van der Waals surface area (Å²) in [5.41, 5.74) is 0.871. The van der Waals surface area contributed by atoms with Crippen molar-refractivity contribution in [3.63, 3.8) is 0 Å². The third kappa shape index (κ3) is 3.27. The number of hydrogen-bond acceptors (Lipinski definition) is 6. The topological polar surface area (TPSA) is 72.9 Å². The molecule has 140 valence electrons. The van der Waals surface area contributed by atoms with Crippen LogP contribution in [-0.4, -0.2) is 42.2 Å². The standard InChI is InChI=1S/C20H24N6O/c1-2-5-16(6-3-1)26-11-4-7-17(26)20-23-19(24-27-20)15-8-9-18(22-13-15)25-12-10-21-14-25/h8-10,12-14,16-17H,1-7,11H2/t17-/m1/s1. The highest BCUT2D eigenvalue weighted by molar-refractivity contribution is 5.53. The van der Waals surface area contributed by atoms with Crippen LogP contribution in [0, 0.1) is 0 Å². The Bertz CT molecular complexity index is 866. The van der Waals surface area contributed by atoms with Crippen molar-refractivity contribution in [1.29, 1.82) is 0 Å². The van der Waals surface area contributed by atoms with Crippen LogP contribution in [0.25, 0.3) is 17.2 Å². The van der Waals surface area contributed by atoms with Crippen LogP contribution >= 0.6 is 0 Å². The van der Waals surface area contributed by atoms with E-state index in [9.17, 15) is 0 Å². The van der Waals surface area contributed by atoms with Gasteiger partial charge in [0, 0.05) is 30.2 Å². The number of aromatic nitrogens is 5. The Morgan fingerprint density at radius 2 is 1.96 bits per heavy atom. The van der Waals surface area contributed by atoms with Crippen LogP contribution in [0.3, 0.4) is 0 Å². The Labute approximate surface area is 158 Å². The summed E-state index contributed by atoms with van der Waals surface area (Å²) >= 11 is 0. The first-order valence-corrected chi connectivity index (χ1v) is 9.92. The average molecular weight is 364 g/mol. The summed E-state index contributed by atoms with van der Waals surface area (Å²) < 4.78 is 7.55. The fourth-order valence-corrected chi connectivity index (χ4v) is 4.46. The summed E-state index contributed by atoms with van der Waals surface area (Å²) in [6.45, 7) is 1.15. The van der Waals surface area contributed by atoms with Gasteiger partial charge in [0.2, 0.25) is 11.7 Å². The molecule has 3 aromatic heterocycles. The van der Waals surface area contributed by atoms with Crippen LogP contribution in [0.2, 0.25) is 0 Å². The molecule has 0 aromatic carbocycles. The van der Waals surface area contributed by atoms with Gasteiger partial charge in [-0.15, -0.1) is 0 Å². The van der Waals surface area contributed by atoms with Crippen molar-refractivity contribution in [2.75, 3.05) is 6.54 Å². The van der Waals surface area contributed by atoms with E-state index >= 15 is 0 Å². The quantitative estimate of drug-likeness (QED) is 0.701. The van der Waals surface area contributed by atoms with Crippen molar-refractivity contribution in [2.24, 2.45) is 0 Å². The summed E-state index contributed by atoms with van der Waals surface area (Å²) in [6, 6.07) is 4.87. The van der Waals surface area contributed by atoms with Crippen LogP contribution in [-0.2, 0) is 0 Å². The van der Waals surface area contributed by atoms with E-state index in [-0.39, 0.29) is 6.04 Å². The third-order valence-electron chi connectivity index (χ3n) is 5.84. The molecule has 1 aliphatic carbocycles. The molecule has 2 fully saturated rings. The minimum Gasteiger partial charge on any atom is -0.337 e. The van der Waals surface area contributed by atoms with Gasteiger partial charge in [0.1, 0.15) is 12.1 Å². The number of likely N-dealkylation sites (tertiary alicyclic amines) is 1. The maximum absolute atomic E-state index is 5.68. The second-order valence-corrected chi connectivity index (χ2v) is 7.52. The van der Waals surface area contributed by atoms with Gasteiger partial charge in [0.25, 0.3) is 0 Å². The number of pyridine rings is 1. The Kier molecular flexibility index (Phi) is 4.45. The molecule has 1 saturated heterocycles. The highest BCUT2D eigenvalue weighted by Crippen LogP contribution is 2.37. The van der Waals surface area contributed by atoms with Gasteiger partial charge in [0.05, 0.1) is 6.04 Å². The van der Waals surface area contributed by atoms with Crippen molar-refractivity contribution < 1.29 is 4.52 Å². The SMILES string of the molecule is c1cn(-c2ccc(-c3noc([C@H]4CCCN4C4CCCCC4)n3)cn2)cn1. The molecule has 27 heavy (non-hydrogen) atoms. The molecule has 1 aliphatic heterocycles. The predicted octanol–water partition coefficient (Wildman–Crippen LogP) is 3.79. The molecule has 0 N–H and O–H groups in total. The molecule has 1 saturated carbocycles. The van der Waals surface area contributed by atoms with E-state index in [2.05, 4.69) is 20.0 Å². The number of rotatable bonds is 4. The Hall–Kier alpha value is -2.54. The van der Waals surface area contributed by atoms with Crippen LogP contribution in [0.15, 0.2) is 41.6 Å². The van der Waals surface area contributed by atoms with Crippen LogP contribution in [0.4, 0.5) is 0 Å². The fourth-order valence-electron chi connectivity index (χ4n) is 4.46. The largest absolute Gasteiger partial charge is 0.337 e. The zero-order chi connectivity index (χ0) is 18.1. The van der Waals surface area contributed by atoms with Crippen LogP contribution in [0.5, 0.6) is 0 Å². The number of nitrogens with zero attached hydrogens (tertiary/aromatic N) is 6. The molecule has 0 radical (unpaired) electrons. The van der Waals surface area contributed by atoms with E-state index in [4.69, 9.17) is 9.51 Å². The van der Waals surface area contributed by atoms with Gasteiger partial charge in [-0.3, -0.25) is 9.47 Å². The lowest BCUT2D eigenvalue weighted by Crippen LogP contribution is -2.36. The second-order valence-electron chi connectivity index (χ2n) is 7.52. The second kappa shape index (κ2) is 7.23. The van der Waals surface area contributed by atoms with Gasteiger partial charge in [-0.25, -0.2) is 9.97 Å². The summed E-state index contributed by atoms with van der Waals surface area (Å²) in [4.78, 5) is 15.9. The van der Waals surface area contributed by atoms with Crippen LogP contribution in [0.1, 0.15) is 56.9 Å². The molecule has 2 aliphatic rings. The average Bonchev–Trinajstić information content (AvgIpc) is 3.50. The molecule has 3 aromatic rings. The van der Waals surface area contributed by atoms with E-state index in [1.165, 1.54) is 38.5 Å². The highest BCUT2D eigenvalue weighted by atomic mass is 16.5. The van der Waals surface area contributed by atoms with Gasteiger partial charge < -0.3 is 4.52 Å². The Balaban J connectivity index is 1.34. The first-order chi connectivity index (χ1) is 13.4. The van der Waals surface area contributed by atoms with Gasteiger partial charge in [-0.1, -0.05) is 24.4 Å². The van der Waals surface area contributed by atoms with Gasteiger partial charge in [-0.2, -0.15) is 4.98 Å². The molecular formula is C20H24N6O. The van der Waals surface area contributed by atoms with Crippen molar-refractivity contribution in [3.8, 4) is 17.2 Å². The van der Waals surface area contributed by atoms with Crippen molar-refractivity contribution in [1.82, 2.24) is 29.6 Å². The summed E-state index contributed by atoms with van der Waals surface area (Å²) in [5.74, 6) is 2.19. The predicted molar refractivity (Wildman–Crippen MR) is 100 cm³/mol. The molecule has 1 atom stereocenters. The molecule has 7 nitrogen and oxygen atoms in total. The lowest BCUT2D eigenvalue weighted by atomic mass is 9.94. The minimum atomic E-state index is 0.271. The zero-order valence-corrected chi connectivity index (χ0v) is 15.4. The van der Waals surface area contributed by atoms with E-state index in [0.29, 0.717) is 11.9 Å². The van der Waals surface area contributed by atoms with Crippen LogP contribution < -0.4 is 0 Å². The molecular weight excluding hydrogens is 340 g/mol. The minimum absolute atomic E-state index is 0.271. The molecule has 4 heterocycles. The summed E-state index contributed by atoms with van der Waals surface area (Å²) in [6.07, 6.45) is 16.1. The first-order valence-electron chi connectivity index (χ1n) is 9.92. The zero-order valence-electron chi connectivity index (χ0n) is 15.4. The lowest BCUT2D eigenvalue weighted by molar-refractivity contribution is 0.121. The maximum atomic E-state index is 5.68. The molecule has 5 rings (SSSR count). The molecule has 0 bridgehead atoms. The van der Waals surface area contributed by atoms with E-state index in [1.807, 2.05) is 22.9 Å². The van der Waals surface area contributed by atoms with E-state index in [0.717, 1.165) is 30.2 Å². The van der Waals surface area contributed by atoms with E-state index in [1.54, 1.807) is 18.7 Å². The molecule has 0 unspecified atom stereocenters. The monoisotopic (exact) mass is 364 g/mol.